The molecule has 0 bridgehead atoms. The standard InChI is InChI=1S/C20H26FN3O4/c1-5-23-11-13(19(26)27)17(25)12-10-14(21)16(24-8-6-22-7-9-24)18(15(12)23)28-20(2,3)4/h10-11,22H,5-9H2,1-4H3,(H,26,27). The normalized spacial score (nSPS) is 15.1. The van der Waals surface area contributed by atoms with Crippen LogP contribution in [0.4, 0.5) is 10.1 Å². The predicted octanol–water partition coefficient (Wildman–Crippen LogP) is 2.45. The molecular formula is C20H26FN3O4. The molecule has 0 amide bonds. The molecule has 0 saturated carbocycles. The van der Waals surface area contributed by atoms with Crippen LogP contribution in [-0.4, -0.2) is 47.4 Å². The maximum Gasteiger partial charge on any atom is 0.341 e. The number of hydrogen-bond acceptors (Lipinski definition) is 5. The Morgan fingerprint density at radius 1 is 1.32 bits per heavy atom. The molecule has 1 aromatic heterocycles. The van der Waals surface area contributed by atoms with Crippen LogP contribution in [0.5, 0.6) is 5.75 Å². The number of halogens is 1. The average molecular weight is 391 g/mol. The first-order valence-corrected chi connectivity index (χ1v) is 9.41. The van der Waals surface area contributed by atoms with Gasteiger partial charge in [0.15, 0.2) is 11.6 Å². The van der Waals surface area contributed by atoms with Gasteiger partial charge in [0.2, 0.25) is 5.43 Å². The number of nitrogens with zero attached hydrogens (tertiary/aromatic N) is 2. The second-order valence-corrected chi connectivity index (χ2v) is 7.85. The van der Waals surface area contributed by atoms with Gasteiger partial charge >= 0.3 is 5.97 Å². The van der Waals surface area contributed by atoms with Crippen molar-refractivity contribution in [2.75, 3.05) is 31.1 Å². The predicted molar refractivity (Wildman–Crippen MR) is 106 cm³/mol. The van der Waals surface area contributed by atoms with Gasteiger partial charge in [-0.15, -0.1) is 0 Å². The fourth-order valence-electron chi connectivity index (χ4n) is 3.48. The third kappa shape index (κ3) is 3.69. The molecule has 1 aromatic carbocycles. The minimum absolute atomic E-state index is 0.0115. The number of fused-ring (bicyclic) bond motifs is 1. The first kappa shape index (κ1) is 20.1. The minimum Gasteiger partial charge on any atom is -0.484 e. The molecule has 2 N–H and O–H groups in total. The highest BCUT2D eigenvalue weighted by Gasteiger charge is 2.28. The van der Waals surface area contributed by atoms with Crippen molar-refractivity contribution in [3.05, 3.63) is 33.9 Å². The van der Waals surface area contributed by atoms with Crippen molar-refractivity contribution in [1.29, 1.82) is 0 Å². The first-order valence-electron chi connectivity index (χ1n) is 9.41. The van der Waals surface area contributed by atoms with Crippen molar-refractivity contribution < 1.29 is 19.0 Å². The number of anilines is 1. The number of carboxylic acids is 1. The van der Waals surface area contributed by atoms with Crippen molar-refractivity contribution in [2.45, 2.75) is 39.8 Å². The summed E-state index contributed by atoms with van der Waals surface area (Å²) in [5.41, 5.74) is -0.998. The van der Waals surface area contributed by atoms with E-state index in [0.717, 1.165) is 6.07 Å². The zero-order valence-electron chi connectivity index (χ0n) is 16.6. The topological polar surface area (TPSA) is 83.8 Å². The summed E-state index contributed by atoms with van der Waals surface area (Å²) in [6, 6.07) is 1.14. The molecule has 2 heterocycles. The van der Waals surface area contributed by atoms with Crippen LogP contribution in [-0.2, 0) is 6.54 Å². The zero-order valence-corrected chi connectivity index (χ0v) is 16.6. The Morgan fingerprint density at radius 3 is 2.50 bits per heavy atom. The third-order valence-electron chi connectivity index (χ3n) is 4.66. The fourth-order valence-corrected chi connectivity index (χ4v) is 3.48. The Labute approximate surface area is 162 Å². The quantitative estimate of drug-likeness (QED) is 0.833. The highest BCUT2D eigenvalue weighted by molar-refractivity contribution is 5.97. The van der Waals surface area contributed by atoms with E-state index in [0.29, 0.717) is 43.9 Å². The number of aromatic nitrogens is 1. The number of ether oxygens (including phenoxy) is 1. The summed E-state index contributed by atoms with van der Waals surface area (Å²) in [7, 11) is 0. The number of hydrogen-bond donors (Lipinski definition) is 2. The highest BCUT2D eigenvalue weighted by Crippen LogP contribution is 2.40. The average Bonchev–Trinajstić information content (AvgIpc) is 2.61. The summed E-state index contributed by atoms with van der Waals surface area (Å²) in [5.74, 6) is -1.64. The summed E-state index contributed by atoms with van der Waals surface area (Å²) < 4.78 is 23.1. The summed E-state index contributed by atoms with van der Waals surface area (Å²) in [6.07, 6.45) is 1.31. The molecule has 1 fully saturated rings. The van der Waals surface area contributed by atoms with E-state index in [1.54, 1.807) is 4.57 Å². The van der Waals surface area contributed by atoms with Crippen LogP contribution in [0, 0.1) is 5.82 Å². The van der Waals surface area contributed by atoms with E-state index in [9.17, 15) is 14.7 Å². The number of piperazine rings is 1. The van der Waals surface area contributed by atoms with Gasteiger partial charge in [-0.2, -0.15) is 0 Å². The SMILES string of the molecule is CCn1cc(C(=O)O)c(=O)c2cc(F)c(N3CCNCC3)c(OC(C)(C)C)c21. The van der Waals surface area contributed by atoms with Gasteiger partial charge in [0.1, 0.15) is 16.9 Å². The number of carboxylic acid groups (broad SMARTS) is 1. The maximum atomic E-state index is 15.3. The lowest BCUT2D eigenvalue weighted by molar-refractivity contribution is 0.0694. The highest BCUT2D eigenvalue weighted by atomic mass is 19.1. The van der Waals surface area contributed by atoms with Gasteiger partial charge in [-0.25, -0.2) is 9.18 Å². The van der Waals surface area contributed by atoms with E-state index in [-0.39, 0.29) is 16.7 Å². The third-order valence-corrected chi connectivity index (χ3v) is 4.66. The molecule has 0 radical (unpaired) electrons. The van der Waals surface area contributed by atoms with Crippen molar-refractivity contribution in [3.8, 4) is 5.75 Å². The van der Waals surface area contributed by atoms with E-state index in [2.05, 4.69) is 5.32 Å². The van der Waals surface area contributed by atoms with E-state index in [1.165, 1.54) is 6.20 Å². The molecule has 0 aliphatic carbocycles. The number of pyridine rings is 1. The summed E-state index contributed by atoms with van der Waals surface area (Å²) in [5, 5.41) is 12.6. The van der Waals surface area contributed by atoms with Crippen LogP contribution in [0.1, 0.15) is 38.1 Å². The molecule has 152 valence electrons. The van der Waals surface area contributed by atoms with E-state index in [1.807, 2.05) is 32.6 Å². The fraction of sp³-hybridized carbons (Fsp3) is 0.500. The van der Waals surface area contributed by atoms with Gasteiger partial charge in [-0.3, -0.25) is 4.79 Å². The molecule has 3 rings (SSSR count). The number of benzene rings is 1. The Balaban J connectivity index is 2.42. The smallest absolute Gasteiger partial charge is 0.341 e. The summed E-state index contributed by atoms with van der Waals surface area (Å²) in [6.45, 7) is 10.4. The van der Waals surface area contributed by atoms with E-state index >= 15 is 4.39 Å². The van der Waals surface area contributed by atoms with Gasteiger partial charge in [0.05, 0.1) is 10.9 Å². The Bertz CT molecular complexity index is 972. The minimum atomic E-state index is -1.33. The summed E-state index contributed by atoms with van der Waals surface area (Å²) >= 11 is 0. The lowest BCUT2D eigenvalue weighted by Crippen LogP contribution is -2.44. The molecule has 28 heavy (non-hydrogen) atoms. The van der Waals surface area contributed by atoms with Crippen molar-refractivity contribution >= 4 is 22.6 Å². The monoisotopic (exact) mass is 391 g/mol. The van der Waals surface area contributed by atoms with Gasteiger partial charge in [-0.05, 0) is 33.8 Å². The number of aromatic carboxylic acids is 1. The van der Waals surface area contributed by atoms with Crippen LogP contribution in [0.25, 0.3) is 10.9 Å². The summed E-state index contributed by atoms with van der Waals surface area (Å²) in [4.78, 5) is 26.2. The van der Waals surface area contributed by atoms with Crippen LogP contribution < -0.4 is 20.4 Å². The van der Waals surface area contributed by atoms with Crippen LogP contribution in [0.3, 0.4) is 0 Å². The van der Waals surface area contributed by atoms with Crippen molar-refractivity contribution in [3.63, 3.8) is 0 Å². The Morgan fingerprint density at radius 2 is 1.96 bits per heavy atom. The largest absolute Gasteiger partial charge is 0.484 e. The van der Waals surface area contributed by atoms with Crippen molar-refractivity contribution in [2.24, 2.45) is 0 Å². The lowest BCUT2D eigenvalue weighted by Gasteiger charge is -2.34. The van der Waals surface area contributed by atoms with E-state index < -0.39 is 22.8 Å². The molecular weight excluding hydrogens is 365 g/mol. The van der Waals surface area contributed by atoms with Gasteiger partial charge in [0, 0.05) is 38.9 Å². The van der Waals surface area contributed by atoms with E-state index in [4.69, 9.17) is 4.74 Å². The molecule has 1 saturated heterocycles. The zero-order chi connectivity index (χ0) is 20.6. The first-order chi connectivity index (χ1) is 13.1. The second-order valence-electron chi connectivity index (χ2n) is 7.85. The molecule has 0 unspecified atom stereocenters. The molecule has 1 aliphatic rings. The number of rotatable bonds is 4. The molecule has 2 aromatic rings. The van der Waals surface area contributed by atoms with Gasteiger partial charge in [-0.1, -0.05) is 0 Å². The molecule has 7 nitrogen and oxygen atoms in total. The molecule has 1 aliphatic heterocycles. The number of carbonyl (C=O) groups is 1. The molecule has 8 heteroatoms. The van der Waals surface area contributed by atoms with Crippen molar-refractivity contribution in [1.82, 2.24) is 9.88 Å². The van der Waals surface area contributed by atoms with Gasteiger partial charge < -0.3 is 24.6 Å². The van der Waals surface area contributed by atoms with Gasteiger partial charge in [0.25, 0.3) is 0 Å². The number of aryl methyl sites for hydroxylation is 1. The van der Waals surface area contributed by atoms with Crippen LogP contribution in [0.15, 0.2) is 17.1 Å². The lowest BCUT2D eigenvalue weighted by atomic mass is 10.1. The maximum absolute atomic E-state index is 15.3. The molecule has 0 atom stereocenters. The van der Waals surface area contributed by atoms with Crippen LogP contribution in [0.2, 0.25) is 0 Å². The number of nitrogens with one attached hydrogen (secondary N) is 1. The Hall–Kier alpha value is -2.61. The molecule has 0 spiro atoms. The second kappa shape index (κ2) is 7.43. The Kier molecular flexibility index (Phi) is 5.34. The van der Waals surface area contributed by atoms with Crippen LogP contribution >= 0.6 is 0 Å².